The number of nitrogens with two attached hydrogens (primary N) is 1. The quantitative estimate of drug-likeness (QED) is 0.890. The largest absolute Gasteiger partial charge is 0.372 e. The van der Waals surface area contributed by atoms with Gasteiger partial charge in [0.05, 0.1) is 18.2 Å². The van der Waals surface area contributed by atoms with Crippen molar-refractivity contribution in [1.29, 1.82) is 0 Å². The molecule has 4 nitrogen and oxygen atoms in total. The van der Waals surface area contributed by atoms with Gasteiger partial charge >= 0.3 is 0 Å². The molecule has 1 aliphatic heterocycles. The van der Waals surface area contributed by atoms with Gasteiger partial charge in [-0.3, -0.25) is 4.79 Å². The zero-order valence-electron chi connectivity index (χ0n) is 11.6. The van der Waals surface area contributed by atoms with Gasteiger partial charge in [-0.25, -0.2) is 0 Å². The highest BCUT2D eigenvalue weighted by Crippen LogP contribution is 2.12. The number of amides is 1. The molecule has 104 valence electrons. The van der Waals surface area contributed by atoms with Gasteiger partial charge in [-0.1, -0.05) is 30.3 Å². The molecule has 19 heavy (non-hydrogen) atoms. The molecule has 4 heteroatoms. The zero-order chi connectivity index (χ0) is 13.8. The van der Waals surface area contributed by atoms with Gasteiger partial charge in [-0.05, 0) is 25.8 Å². The lowest BCUT2D eigenvalue weighted by molar-refractivity contribution is -0.144. The molecule has 1 fully saturated rings. The number of ether oxygens (including phenoxy) is 1. The van der Waals surface area contributed by atoms with Crippen LogP contribution >= 0.6 is 0 Å². The third kappa shape index (κ3) is 3.78. The second-order valence-electron chi connectivity index (χ2n) is 5.30. The summed E-state index contributed by atoms with van der Waals surface area (Å²) in [5.74, 6) is 0.0193. The van der Waals surface area contributed by atoms with Gasteiger partial charge in [-0.15, -0.1) is 0 Å². The zero-order valence-corrected chi connectivity index (χ0v) is 11.6. The lowest BCUT2D eigenvalue weighted by Gasteiger charge is -2.36. The molecule has 1 aromatic carbocycles. The van der Waals surface area contributed by atoms with Crippen molar-refractivity contribution < 1.29 is 9.53 Å². The maximum absolute atomic E-state index is 12.3. The molecule has 1 aliphatic rings. The van der Waals surface area contributed by atoms with Gasteiger partial charge in [0.15, 0.2) is 0 Å². The third-order valence-corrected chi connectivity index (χ3v) is 3.35. The summed E-state index contributed by atoms with van der Waals surface area (Å²) < 4.78 is 5.63. The lowest BCUT2D eigenvalue weighted by atomic mass is 10.0. The molecule has 0 radical (unpaired) electrons. The average Bonchev–Trinajstić information content (AvgIpc) is 2.37. The minimum Gasteiger partial charge on any atom is -0.372 e. The van der Waals surface area contributed by atoms with Crippen LogP contribution in [0.5, 0.6) is 0 Å². The van der Waals surface area contributed by atoms with E-state index < -0.39 is 6.04 Å². The van der Waals surface area contributed by atoms with Crippen molar-refractivity contribution in [2.45, 2.75) is 38.5 Å². The highest BCUT2D eigenvalue weighted by atomic mass is 16.5. The summed E-state index contributed by atoms with van der Waals surface area (Å²) in [6.45, 7) is 5.23. The Labute approximate surface area is 114 Å². The number of morpholine rings is 1. The molecule has 1 saturated heterocycles. The fourth-order valence-corrected chi connectivity index (χ4v) is 2.55. The number of hydrogen-bond donors (Lipinski definition) is 1. The van der Waals surface area contributed by atoms with E-state index in [2.05, 4.69) is 0 Å². The van der Waals surface area contributed by atoms with Crippen LogP contribution in [0.2, 0.25) is 0 Å². The highest BCUT2D eigenvalue weighted by molar-refractivity contribution is 5.82. The second-order valence-corrected chi connectivity index (χ2v) is 5.30. The Balaban J connectivity index is 1.95. The van der Waals surface area contributed by atoms with E-state index in [0.29, 0.717) is 19.5 Å². The Bertz CT molecular complexity index is 411. The molecular formula is C15H22N2O2. The lowest BCUT2D eigenvalue weighted by Crippen LogP contribution is -2.53. The van der Waals surface area contributed by atoms with Gasteiger partial charge in [0.2, 0.25) is 5.91 Å². The predicted octanol–water partition coefficient (Wildman–Crippen LogP) is 1.19. The molecule has 3 atom stereocenters. The van der Waals surface area contributed by atoms with Gasteiger partial charge in [0.1, 0.15) is 0 Å². The molecule has 0 bridgehead atoms. The Morgan fingerprint density at radius 3 is 2.47 bits per heavy atom. The van der Waals surface area contributed by atoms with E-state index in [4.69, 9.17) is 10.5 Å². The van der Waals surface area contributed by atoms with Gasteiger partial charge in [0, 0.05) is 13.1 Å². The van der Waals surface area contributed by atoms with Gasteiger partial charge in [0.25, 0.3) is 0 Å². The van der Waals surface area contributed by atoms with Crippen molar-refractivity contribution in [1.82, 2.24) is 4.90 Å². The fraction of sp³-hybridized carbons (Fsp3) is 0.533. The molecule has 1 aromatic rings. The molecular weight excluding hydrogens is 240 g/mol. The molecule has 0 spiro atoms. The van der Waals surface area contributed by atoms with E-state index in [-0.39, 0.29) is 18.1 Å². The second kappa shape index (κ2) is 6.17. The predicted molar refractivity (Wildman–Crippen MR) is 74.7 cm³/mol. The van der Waals surface area contributed by atoms with E-state index >= 15 is 0 Å². The summed E-state index contributed by atoms with van der Waals surface area (Å²) in [4.78, 5) is 14.2. The maximum Gasteiger partial charge on any atom is 0.240 e. The number of hydrogen-bond acceptors (Lipinski definition) is 3. The molecule has 1 heterocycles. The van der Waals surface area contributed by atoms with Crippen LogP contribution in [0.1, 0.15) is 19.4 Å². The van der Waals surface area contributed by atoms with Crippen LogP contribution in [0.15, 0.2) is 30.3 Å². The van der Waals surface area contributed by atoms with Crippen LogP contribution in [0, 0.1) is 0 Å². The van der Waals surface area contributed by atoms with Crippen LogP contribution in [-0.2, 0) is 16.0 Å². The summed E-state index contributed by atoms with van der Waals surface area (Å²) in [5.41, 5.74) is 7.13. The monoisotopic (exact) mass is 262 g/mol. The first kappa shape index (κ1) is 14.0. The first-order valence-corrected chi connectivity index (χ1v) is 6.80. The van der Waals surface area contributed by atoms with Gasteiger partial charge < -0.3 is 15.4 Å². The van der Waals surface area contributed by atoms with E-state index in [0.717, 1.165) is 5.56 Å². The SMILES string of the molecule is CC1CN(C(=O)C(N)Cc2ccccc2)CC(C)O1. The van der Waals surface area contributed by atoms with E-state index in [9.17, 15) is 4.79 Å². The van der Waals surface area contributed by atoms with Crippen LogP contribution < -0.4 is 5.73 Å². The molecule has 2 rings (SSSR count). The van der Waals surface area contributed by atoms with Crippen LogP contribution in [0.25, 0.3) is 0 Å². The maximum atomic E-state index is 12.3. The average molecular weight is 262 g/mol. The van der Waals surface area contributed by atoms with Crippen molar-refractivity contribution in [2.75, 3.05) is 13.1 Å². The minimum absolute atomic E-state index is 0.0193. The number of benzene rings is 1. The van der Waals surface area contributed by atoms with E-state index in [1.165, 1.54) is 0 Å². The van der Waals surface area contributed by atoms with Crippen LogP contribution in [0.3, 0.4) is 0 Å². The molecule has 2 N–H and O–H groups in total. The minimum atomic E-state index is -0.472. The first-order valence-electron chi connectivity index (χ1n) is 6.80. The smallest absolute Gasteiger partial charge is 0.240 e. The Morgan fingerprint density at radius 1 is 1.32 bits per heavy atom. The van der Waals surface area contributed by atoms with Crippen LogP contribution in [-0.4, -0.2) is 42.1 Å². The Hall–Kier alpha value is -1.39. The Morgan fingerprint density at radius 2 is 1.89 bits per heavy atom. The van der Waals surface area contributed by atoms with Gasteiger partial charge in [-0.2, -0.15) is 0 Å². The number of carbonyl (C=O) groups is 1. The topological polar surface area (TPSA) is 55.6 Å². The summed E-state index contributed by atoms with van der Waals surface area (Å²) in [6, 6.07) is 9.41. The standard InChI is InChI=1S/C15H22N2O2/c1-11-9-17(10-12(2)19-11)15(18)14(16)8-13-6-4-3-5-7-13/h3-7,11-12,14H,8-10,16H2,1-2H3. The van der Waals surface area contributed by atoms with Crippen molar-refractivity contribution >= 4 is 5.91 Å². The van der Waals surface area contributed by atoms with Crippen molar-refractivity contribution in [2.24, 2.45) is 5.73 Å². The number of nitrogens with zero attached hydrogens (tertiary/aromatic N) is 1. The van der Waals surface area contributed by atoms with Crippen molar-refractivity contribution in [3.05, 3.63) is 35.9 Å². The number of carbonyl (C=O) groups excluding carboxylic acids is 1. The summed E-state index contributed by atoms with van der Waals surface area (Å²) in [7, 11) is 0. The first-order chi connectivity index (χ1) is 9.06. The third-order valence-electron chi connectivity index (χ3n) is 3.35. The van der Waals surface area contributed by atoms with Crippen molar-refractivity contribution in [3.63, 3.8) is 0 Å². The molecule has 3 unspecified atom stereocenters. The van der Waals surface area contributed by atoms with Crippen LogP contribution in [0.4, 0.5) is 0 Å². The Kier molecular flexibility index (Phi) is 4.56. The molecule has 1 amide bonds. The highest BCUT2D eigenvalue weighted by Gasteiger charge is 2.28. The summed E-state index contributed by atoms with van der Waals surface area (Å²) >= 11 is 0. The summed E-state index contributed by atoms with van der Waals surface area (Å²) in [5, 5.41) is 0. The van der Waals surface area contributed by atoms with E-state index in [1.54, 1.807) is 0 Å². The van der Waals surface area contributed by atoms with Crippen molar-refractivity contribution in [3.8, 4) is 0 Å². The normalized spacial score (nSPS) is 25.1. The molecule has 0 aromatic heterocycles. The van der Waals surface area contributed by atoms with E-state index in [1.807, 2.05) is 49.1 Å². The fourth-order valence-electron chi connectivity index (χ4n) is 2.55. The molecule has 0 aliphatic carbocycles. The summed E-state index contributed by atoms with van der Waals surface area (Å²) in [6.07, 6.45) is 0.744. The molecule has 0 saturated carbocycles. The number of rotatable bonds is 3.